The van der Waals surface area contributed by atoms with Crippen LogP contribution >= 0.6 is 0 Å². The zero-order chi connectivity index (χ0) is 15.6. The molecule has 1 amide bonds. The molecule has 0 unspecified atom stereocenters. The Balaban J connectivity index is 3.71. The largest absolute Gasteiger partial charge is 0.356 e. The summed E-state index contributed by atoms with van der Waals surface area (Å²) in [5, 5.41) is 9.45. The molecule has 0 aliphatic heterocycles. The van der Waals surface area contributed by atoms with Gasteiger partial charge in [0.05, 0.1) is 0 Å². The highest BCUT2D eigenvalue weighted by Crippen LogP contribution is 2.32. The van der Waals surface area contributed by atoms with Gasteiger partial charge in [0, 0.05) is 19.5 Å². The van der Waals surface area contributed by atoms with Crippen molar-refractivity contribution in [3.63, 3.8) is 0 Å². The quantitative estimate of drug-likeness (QED) is 0.539. The Morgan fingerprint density at radius 3 is 2.20 bits per heavy atom. The molecule has 0 radical (unpaired) electrons. The standard InChI is InChI=1S/C16H35N3O/c1-15(2,3)12-16(4,5)13-19-14(20)8-11-18-10-7-9-17-6/h17-18H,7-13H2,1-6H3,(H,19,20). The van der Waals surface area contributed by atoms with Gasteiger partial charge in [-0.2, -0.15) is 0 Å². The second-order valence-corrected chi connectivity index (χ2v) is 7.64. The van der Waals surface area contributed by atoms with Gasteiger partial charge in [0.15, 0.2) is 0 Å². The minimum absolute atomic E-state index is 0.146. The minimum atomic E-state index is 0.146. The normalized spacial score (nSPS) is 12.5. The fourth-order valence-electron chi connectivity index (χ4n) is 2.64. The molecule has 0 saturated heterocycles. The molecule has 0 spiro atoms. The van der Waals surface area contributed by atoms with E-state index in [-0.39, 0.29) is 11.3 Å². The summed E-state index contributed by atoms with van der Waals surface area (Å²) in [7, 11) is 1.95. The van der Waals surface area contributed by atoms with Crippen LogP contribution in [0.15, 0.2) is 0 Å². The lowest BCUT2D eigenvalue weighted by molar-refractivity contribution is -0.121. The van der Waals surface area contributed by atoms with Gasteiger partial charge in [0.25, 0.3) is 0 Å². The molecular weight excluding hydrogens is 250 g/mol. The molecule has 0 aromatic carbocycles. The van der Waals surface area contributed by atoms with Gasteiger partial charge >= 0.3 is 0 Å². The number of hydrogen-bond acceptors (Lipinski definition) is 3. The number of amides is 1. The highest BCUT2D eigenvalue weighted by atomic mass is 16.1. The van der Waals surface area contributed by atoms with E-state index in [1.54, 1.807) is 0 Å². The van der Waals surface area contributed by atoms with E-state index in [0.29, 0.717) is 11.8 Å². The second-order valence-electron chi connectivity index (χ2n) is 7.64. The third kappa shape index (κ3) is 12.4. The Morgan fingerprint density at radius 2 is 1.65 bits per heavy atom. The Morgan fingerprint density at radius 1 is 1.00 bits per heavy atom. The Labute approximate surface area is 125 Å². The predicted molar refractivity (Wildman–Crippen MR) is 86.9 cm³/mol. The highest BCUT2D eigenvalue weighted by Gasteiger charge is 2.25. The van der Waals surface area contributed by atoms with Crippen LogP contribution in [0.5, 0.6) is 0 Å². The zero-order valence-corrected chi connectivity index (χ0v) is 14.4. The molecule has 0 fully saturated rings. The predicted octanol–water partition coefficient (Wildman–Crippen LogP) is 2.15. The number of nitrogens with one attached hydrogen (secondary N) is 3. The summed E-state index contributed by atoms with van der Waals surface area (Å²) in [6.45, 7) is 14.6. The molecular formula is C16H35N3O. The van der Waals surface area contributed by atoms with Gasteiger partial charge < -0.3 is 16.0 Å². The van der Waals surface area contributed by atoms with Crippen molar-refractivity contribution in [3.05, 3.63) is 0 Å². The monoisotopic (exact) mass is 285 g/mol. The third-order valence-corrected chi connectivity index (χ3v) is 3.08. The van der Waals surface area contributed by atoms with E-state index in [9.17, 15) is 4.79 Å². The molecule has 0 aliphatic rings. The molecule has 3 N–H and O–H groups in total. The van der Waals surface area contributed by atoms with E-state index in [2.05, 4.69) is 50.6 Å². The van der Waals surface area contributed by atoms with Gasteiger partial charge in [-0.3, -0.25) is 4.79 Å². The van der Waals surface area contributed by atoms with Crippen molar-refractivity contribution in [3.8, 4) is 0 Å². The Hall–Kier alpha value is -0.610. The van der Waals surface area contributed by atoms with E-state index in [1.807, 2.05) is 7.05 Å². The van der Waals surface area contributed by atoms with Crippen molar-refractivity contribution in [2.75, 3.05) is 33.2 Å². The van der Waals surface area contributed by atoms with Crippen LogP contribution in [-0.2, 0) is 4.79 Å². The fraction of sp³-hybridized carbons (Fsp3) is 0.938. The van der Waals surface area contributed by atoms with Gasteiger partial charge in [-0.15, -0.1) is 0 Å². The molecule has 0 aliphatic carbocycles. The Kier molecular flexibility index (Phi) is 9.06. The van der Waals surface area contributed by atoms with Crippen molar-refractivity contribution in [2.45, 2.75) is 53.9 Å². The maximum atomic E-state index is 11.8. The second kappa shape index (κ2) is 9.35. The van der Waals surface area contributed by atoms with Crippen molar-refractivity contribution in [1.29, 1.82) is 0 Å². The first kappa shape index (κ1) is 19.4. The van der Waals surface area contributed by atoms with E-state index in [4.69, 9.17) is 0 Å². The summed E-state index contributed by atoms with van der Waals surface area (Å²) >= 11 is 0. The summed E-state index contributed by atoms with van der Waals surface area (Å²) in [5.41, 5.74) is 0.442. The number of rotatable bonds is 10. The lowest BCUT2D eigenvalue weighted by Crippen LogP contribution is -2.37. The summed E-state index contributed by atoms with van der Waals surface area (Å²) in [5.74, 6) is 0.146. The molecule has 0 saturated carbocycles. The fourth-order valence-corrected chi connectivity index (χ4v) is 2.64. The van der Waals surface area contributed by atoms with Gasteiger partial charge in [0.2, 0.25) is 5.91 Å². The van der Waals surface area contributed by atoms with E-state index in [0.717, 1.165) is 39.0 Å². The summed E-state index contributed by atoms with van der Waals surface area (Å²) in [4.78, 5) is 11.8. The first-order valence-corrected chi connectivity index (χ1v) is 7.78. The van der Waals surface area contributed by atoms with Crippen molar-refractivity contribution in [2.24, 2.45) is 10.8 Å². The topological polar surface area (TPSA) is 53.2 Å². The summed E-state index contributed by atoms with van der Waals surface area (Å²) in [6.07, 6.45) is 2.75. The average molecular weight is 285 g/mol. The van der Waals surface area contributed by atoms with Gasteiger partial charge in [-0.1, -0.05) is 34.6 Å². The van der Waals surface area contributed by atoms with Crippen LogP contribution in [0.25, 0.3) is 0 Å². The van der Waals surface area contributed by atoms with E-state index < -0.39 is 0 Å². The average Bonchev–Trinajstić information content (AvgIpc) is 2.28. The molecule has 0 heterocycles. The van der Waals surface area contributed by atoms with Crippen LogP contribution in [0.2, 0.25) is 0 Å². The van der Waals surface area contributed by atoms with Crippen LogP contribution in [0.4, 0.5) is 0 Å². The smallest absolute Gasteiger partial charge is 0.221 e. The molecule has 0 aromatic rings. The van der Waals surface area contributed by atoms with E-state index in [1.165, 1.54) is 0 Å². The lowest BCUT2D eigenvalue weighted by Gasteiger charge is -2.32. The summed E-state index contributed by atoms with van der Waals surface area (Å²) < 4.78 is 0. The molecule has 4 heteroatoms. The van der Waals surface area contributed by atoms with Gasteiger partial charge in [-0.25, -0.2) is 0 Å². The number of hydrogen-bond donors (Lipinski definition) is 3. The number of carbonyl (C=O) groups excluding carboxylic acids is 1. The molecule has 20 heavy (non-hydrogen) atoms. The molecule has 0 atom stereocenters. The molecule has 0 rings (SSSR count). The number of carbonyl (C=O) groups is 1. The maximum Gasteiger partial charge on any atom is 0.221 e. The summed E-state index contributed by atoms with van der Waals surface area (Å²) in [6, 6.07) is 0. The molecule has 0 bridgehead atoms. The third-order valence-electron chi connectivity index (χ3n) is 3.08. The van der Waals surface area contributed by atoms with Crippen LogP contribution in [0, 0.1) is 10.8 Å². The van der Waals surface area contributed by atoms with Crippen molar-refractivity contribution >= 4 is 5.91 Å². The minimum Gasteiger partial charge on any atom is -0.356 e. The van der Waals surface area contributed by atoms with Crippen LogP contribution in [-0.4, -0.2) is 39.1 Å². The van der Waals surface area contributed by atoms with Gasteiger partial charge in [-0.05, 0) is 43.8 Å². The van der Waals surface area contributed by atoms with Crippen LogP contribution < -0.4 is 16.0 Å². The maximum absolute atomic E-state index is 11.8. The molecule has 120 valence electrons. The van der Waals surface area contributed by atoms with Gasteiger partial charge in [0.1, 0.15) is 0 Å². The first-order chi connectivity index (χ1) is 9.16. The SMILES string of the molecule is CNCCCNCCC(=O)NCC(C)(C)CC(C)(C)C. The zero-order valence-electron chi connectivity index (χ0n) is 14.4. The lowest BCUT2D eigenvalue weighted by atomic mass is 9.76. The van der Waals surface area contributed by atoms with Crippen molar-refractivity contribution in [1.82, 2.24) is 16.0 Å². The van der Waals surface area contributed by atoms with E-state index >= 15 is 0 Å². The van der Waals surface area contributed by atoms with Crippen LogP contribution in [0.1, 0.15) is 53.9 Å². The highest BCUT2D eigenvalue weighted by molar-refractivity contribution is 5.76. The van der Waals surface area contributed by atoms with Crippen LogP contribution in [0.3, 0.4) is 0 Å². The Bertz CT molecular complexity index is 269. The first-order valence-electron chi connectivity index (χ1n) is 7.78. The molecule has 0 aromatic heterocycles. The molecule has 4 nitrogen and oxygen atoms in total. The van der Waals surface area contributed by atoms with Crippen molar-refractivity contribution < 1.29 is 4.79 Å².